The SMILES string of the molecule is Cc1cc(C2CC3CCC2O3)ccn1. The van der Waals surface area contributed by atoms with E-state index in [-0.39, 0.29) is 0 Å². The lowest BCUT2D eigenvalue weighted by atomic mass is 9.84. The fraction of sp³-hybridized carbons (Fsp3) is 0.583. The van der Waals surface area contributed by atoms with Gasteiger partial charge in [-0.05, 0) is 43.9 Å². The van der Waals surface area contributed by atoms with Crippen LogP contribution in [-0.2, 0) is 4.74 Å². The van der Waals surface area contributed by atoms with E-state index in [1.165, 1.54) is 24.8 Å². The highest BCUT2D eigenvalue weighted by Crippen LogP contribution is 2.44. The number of aromatic nitrogens is 1. The van der Waals surface area contributed by atoms with E-state index in [4.69, 9.17) is 4.74 Å². The molecule has 0 saturated carbocycles. The molecule has 1 aromatic heterocycles. The van der Waals surface area contributed by atoms with E-state index >= 15 is 0 Å². The number of fused-ring (bicyclic) bond motifs is 2. The number of nitrogens with zero attached hydrogens (tertiary/aromatic N) is 1. The van der Waals surface area contributed by atoms with Crippen LogP contribution in [0.15, 0.2) is 18.3 Å². The summed E-state index contributed by atoms with van der Waals surface area (Å²) in [6.45, 7) is 2.05. The molecule has 0 radical (unpaired) electrons. The monoisotopic (exact) mass is 189 g/mol. The largest absolute Gasteiger partial charge is 0.374 e. The van der Waals surface area contributed by atoms with E-state index in [2.05, 4.69) is 24.0 Å². The molecule has 2 fully saturated rings. The predicted octanol–water partition coefficient (Wildman–Crippen LogP) is 2.42. The fourth-order valence-electron chi connectivity index (χ4n) is 2.79. The van der Waals surface area contributed by atoms with Gasteiger partial charge in [-0.3, -0.25) is 4.98 Å². The second-order valence-electron chi connectivity index (χ2n) is 4.45. The number of aryl methyl sites for hydroxylation is 1. The highest BCUT2D eigenvalue weighted by molar-refractivity contribution is 5.23. The molecule has 2 aliphatic heterocycles. The number of rotatable bonds is 1. The van der Waals surface area contributed by atoms with Crippen molar-refractivity contribution < 1.29 is 4.74 Å². The molecule has 3 atom stereocenters. The second kappa shape index (κ2) is 3.06. The molecule has 0 amide bonds. The van der Waals surface area contributed by atoms with Gasteiger partial charge in [-0.2, -0.15) is 0 Å². The third-order valence-electron chi connectivity index (χ3n) is 3.45. The molecule has 2 aliphatic rings. The zero-order chi connectivity index (χ0) is 9.54. The molecule has 0 spiro atoms. The van der Waals surface area contributed by atoms with Gasteiger partial charge in [0.2, 0.25) is 0 Å². The highest BCUT2D eigenvalue weighted by atomic mass is 16.5. The van der Waals surface area contributed by atoms with Crippen LogP contribution in [-0.4, -0.2) is 17.2 Å². The summed E-state index contributed by atoms with van der Waals surface area (Å²) >= 11 is 0. The maximum absolute atomic E-state index is 5.86. The van der Waals surface area contributed by atoms with Crippen molar-refractivity contribution in [1.29, 1.82) is 0 Å². The van der Waals surface area contributed by atoms with Crippen LogP contribution in [0.5, 0.6) is 0 Å². The standard InChI is InChI=1S/C12H15NO/c1-8-6-9(4-5-13-8)11-7-10-2-3-12(11)14-10/h4-6,10-12H,2-3,7H2,1H3. The maximum Gasteiger partial charge on any atom is 0.0649 e. The Balaban J connectivity index is 1.89. The van der Waals surface area contributed by atoms with Gasteiger partial charge in [0.05, 0.1) is 12.2 Å². The van der Waals surface area contributed by atoms with Crippen molar-refractivity contribution in [3.63, 3.8) is 0 Å². The zero-order valence-corrected chi connectivity index (χ0v) is 8.44. The Bertz CT molecular complexity index is 350. The van der Waals surface area contributed by atoms with Crippen molar-refractivity contribution >= 4 is 0 Å². The topological polar surface area (TPSA) is 22.1 Å². The van der Waals surface area contributed by atoms with Gasteiger partial charge in [0, 0.05) is 17.8 Å². The molecule has 1 aromatic rings. The first-order chi connectivity index (χ1) is 6.83. The molecule has 2 nitrogen and oxygen atoms in total. The zero-order valence-electron chi connectivity index (χ0n) is 8.44. The molecule has 3 heterocycles. The molecular formula is C12H15NO. The van der Waals surface area contributed by atoms with Gasteiger partial charge in [0.1, 0.15) is 0 Å². The van der Waals surface area contributed by atoms with Crippen LogP contribution in [0.2, 0.25) is 0 Å². The molecule has 2 bridgehead atoms. The molecule has 2 saturated heterocycles. The van der Waals surface area contributed by atoms with E-state index in [1.807, 2.05) is 6.20 Å². The number of pyridine rings is 1. The van der Waals surface area contributed by atoms with Crippen molar-refractivity contribution in [2.24, 2.45) is 0 Å². The fourth-order valence-corrected chi connectivity index (χ4v) is 2.79. The summed E-state index contributed by atoms with van der Waals surface area (Å²) < 4.78 is 5.86. The second-order valence-corrected chi connectivity index (χ2v) is 4.45. The third kappa shape index (κ3) is 1.25. The van der Waals surface area contributed by atoms with Crippen molar-refractivity contribution in [1.82, 2.24) is 4.98 Å². The molecule has 0 N–H and O–H groups in total. The summed E-state index contributed by atoms with van der Waals surface area (Å²) in [6.07, 6.45) is 6.67. The van der Waals surface area contributed by atoms with Gasteiger partial charge in [0.15, 0.2) is 0 Å². The Morgan fingerprint density at radius 2 is 2.36 bits per heavy atom. The van der Waals surface area contributed by atoms with E-state index in [0.717, 1.165) is 5.69 Å². The minimum Gasteiger partial charge on any atom is -0.374 e. The number of hydrogen-bond donors (Lipinski definition) is 0. The van der Waals surface area contributed by atoms with E-state index in [9.17, 15) is 0 Å². The quantitative estimate of drug-likeness (QED) is 0.677. The minimum atomic E-state index is 0.488. The van der Waals surface area contributed by atoms with Crippen molar-refractivity contribution in [3.8, 4) is 0 Å². The predicted molar refractivity (Wildman–Crippen MR) is 54.2 cm³/mol. The summed E-state index contributed by atoms with van der Waals surface area (Å²) in [5, 5.41) is 0. The van der Waals surface area contributed by atoms with E-state index < -0.39 is 0 Å². The molecule has 0 aliphatic carbocycles. The van der Waals surface area contributed by atoms with Crippen LogP contribution in [0.3, 0.4) is 0 Å². The van der Waals surface area contributed by atoms with Crippen LogP contribution in [0, 0.1) is 6.92 Å². The number of ether oxygens (including phenoxy) is 1. The summed E-state index contributed by atoms with van der Waals surface area (Å²) in [4.78, 5) is 4.23. The molecule has 3 unspecified atom stereocenters. The lowest BCUT2D eigenvalue weighted by molar-refractivity contribution is 0.101. The van der Waals surface area contributed by atoms with Crippen molar-refractivity contribution in [2.45, 2.75) is 44.3 Å². The van der Waals surface area contributed by atoms with Crippen LogP contribution in [0.1, 0.15) is 36.4 Å². The Kier molecular flexibility index (Phi) is 1.84. The van der Waals surface area contributed by atoms with Gasteiger partial charge < -0.3 is 4.74 Å². The average molecular weight is 189 g/mol. The molecule has 2 heteroatoms. The van der Waals surface area contributed by atoms with Crippen molar-refractivity contribution in [3.05, 3.63) is 29.6 Å². The van der Waals surface area contributed by atoms with E-state index in [0.29, 0.717) is 18.1 Å². The van der Waals surface area contributed by atoms with Crippen LogP contribution >= 0.6 is 0 Å². The smallest absolute Gasteiger partial charge is 0.0649 e. The molecule has 74 valence electrons. The summed E-state index contributed by atoms with van der Waals surface area (Å²) in [5.41, 5.74) is 2.54. The lowest BCUT2D eigenvalue weighted by Gasteiger charge is -2.18. The van der Waals surface area contributed by atoms with Gasteiger partial charge in [-0.1, -0.05) is 0 Å². The lowest BCUT2D eigenvalue weighted by Crippen LogP contribution is -2.14. The van der Waals surface area contributed by atoms with Gasteiger partial charge in [-0.15, -0.1) is 0 Å². The Morgan fingerprint density at radius 3 is 3.00 bits per heavy atom. The van der Waals surface area contributed by atoms with Crippen LogP contribution < -0.4 is 0 Å². The Labute approximate surface area is 84.3 Å². The normalized spacial score (nSPS) is 35.1. The molecule has 0 aromatic carbocycles. The summed E-state index contributed by atoms with van der Waals surface area (Å²) in [7, 11) is 0. The third-order valence-corrected chi connectivity index (χ3v) is 3.45. The first-order valence-electron chi connectivity index (χ1n) is 5.41. The average Bonchev–Trinajstić information content (AvgIpc) is 2.78. The molecule has 3 rings (SSSR count). The summed E-state index contributed by atoms with van der Waals surface area (Å²) in [5.74, 6) is 0.635. The van der Waals surface area contributed by atoms with Crippen molar-refractivity contribution in [2.75, 3.05) is 0 Å². The Morgan fingerprint density at radius 1 is 1.43 bits per heavy atom. The first-order valence-corrected chi connectivity index (χ1v) is 5.41. The number of hydrogen-bond acceptors (Lipinski definition) is 2. The van der Waals surface area contributed by atoms with Crippen LogP contribution in [0.4, 0.5) is 0 Å². The minimum absolute atomic E-state index is 0.488. The molecular weight excluding hydrogens is 174 g/mol. The highest BCUT2D eigenvalue weighted by Gasteiger charge is 2.41. The van der Waals surface area contributed by atoms with Gasteiger partial charge in [0.25, 0.3) is 0 Å². The van der Waals surface area contributed by atoms with Gasteiger partial charge >= 0.3 is 0 Å². The van der Waals surface area contributed by atoms with Gasteiger partial charge in [-0.25, -0.2) is 0 Å². The molecule has 14 heavy (non-hydrogen) atoms. The summed E-state index contributed by atoms with van der Waals surface area (Å²) in [6, 6.07) is 4.34. The van der Waals surface area contributed by atoms with E-state index in [1.54, 1.807) is 0 Å². The maximum atomic E-state index is 5.86. The first kappa shape index (κ1) is 8.42. The Hall–Kier alpha value is -0.890. The van der Waals surface area contributed by atoms with Crippen LogP contribution in [0.25, 0.3) is 0 Å².